The molecule has 0 fully saturated rings. The maximum absolute atomic E-state index is 14.6. The summed E-state index contributed by atoms with van der Waals surface area (Å²) in [4.78, 5) is 14.3. The van der Waals surface area contributed by atoms with E-state index in [0.717, 1.165) is 23.9 Å². The number of nitro groups is 1. The molecule has 16 heteroatoms. The average molecular weight is 527 g/mol. The van der Waals surface area contributed by atoms with Crippen LogP contribution in [-0.2, 0) is 18.7 Å². The summed E-state index contributed by atoms with van der Waals surface area (Å²) in [7, 11) is 0. The third-order valence-corrected chi connectivity index (χ3v) is 5.90. The monoisotopic (exact) mass is 527 g/mol. The first-order chi connectivity index (χ1) is 17.8. The summed E-state index contributed by atoms with van der Waals surface area (Å²) in [5.41, 5.74) is -1.80. The Kier molecular flexibility index (Phi) is 6.41. The van der Waals surface area contributed by atoms with Crippen LogP contribution in [0.1, 0.15) is 5.56 Å². The maximum atomic E-state index is 14.6. The predicted octanol–water partition coefficient (Wildman–Crippen LogP) is 2.85. The molecule has 1 atom stereocenters. The Morgan fingerprint density at radius 2 is 1.95 bits per heavy atom. The van der Waals surface area contributed by atoms with Gasteiger partial charge in [0.25, 0.3) is 10.9 Å². The maximum Gasteiger partial charge on any atom is 0.283 e. The van der Waals surface area contributed by atoms with Crippen molar-refractivity contribution in [3.05, 3.63) is 88.6 Å². The molecule has 0 saturated heterocycles. The Morgan fingerprint density at radius 3 is 2.70 bits per heavy atom. The van der Waals surface area contributed by atoms with Crippen LogP contribution < -0.4 is 0 Å². The number of aliphatic hydroxyl groups is 1. The van der Waals surface area contributed by atoms with Crippen LogP contribution in [0.5, 0.6) is 0 Å². The quantitative estimate of drug-likeness (QED) is 0.221. The molecule has 0 amide bonds. The topological polar surface area (TPSA) is 164 Å². The van der Waals surface area contributed by atoms with Crippen molar-refractivity contribution in [2.45, 2.75) is 28.9 Å². The molecule has 37 heavy (non-hydrogen) atoms. The van der Waals surface area contributed by atoms with Gasteiger partial charge in [0.2, 0.25) is 5.89 Å². The highest BCUT2D eigenvalue weighted by Gasteiger charge is 2.35. The SMILES string of the molecule is O=[N+]([O-])c1cccc(-c2nnc(Sc3cn(CC(O)(Cn4cncn4)c4ccc(F)cc4F)nn3)o2)c1. The van der Waals surface area contributed by atoms with Gasteiger partial charge in [-0.1, -0.05) is 17.3 Å². The zero-order valence-corrected chi connectivity index (χ0v) is 19.4. The van der Waals surface area contributed by atoms with Crippen LogP contribution in [0.15, 0.2) is 76.0 Å². The van der Waals surface area contributed by atoms with E-state index in [9.17, 15) is 24.0 Å². The van der Waals surface area contributed by atoms with Gasteiger partial charge in [-0.25, -0.2) is 23.1 Å². The zero-order chi connectivity index (χ0) is 26.0. The van der Waals surface area contributed by atoms with Gasteiger partial charge in [0.05, 0.1) is 24.2 Å². The fraction of sp³-hybridized carbons (Fsp3) is 0.143. The van der Waals surface area contributed by atoms with Gasteiger partial charge in [-0.15, -0.1) is 15.3 Å². The van der Waals surface area contributed by atoms with Gasteiger partial charge in [0.15, 0.2) is 0 Å². The van der Waals surface area contributed by atoms with E-state index in [0.29, 0.717) is 16.7 Å². The highest BCUT2D eigenvalue weighted by Crippen LogP contribution is 2.31. The van der Waals surface area contributed by atoms with Crippen molar-refractivity contribution in [1.29, 1.82) is 0 Å². The minimum atomic E-state index is -1.89. The third-order valence-electron chi connectivity index (χ3n) is 5.17. The zero-order valence-electron chi connectivity index (χ0n) is 18.5. The largest absolute Gasteiger partial charge is 0.411 e. The molecule has 0 saturated carbocycles. The number of nitro benzene ring substituents is 1. The second-order valence-corrected chi connectivity index (χ2v) is 8.76. The van der Waals surface area contributed by atoms with E-state index >= 15 is 0 Å². The molecule has 13 nitrogen and oxygen atoms in total. The van der Waals surface area contributed by atoms with Gasteiger partial charge in [-0.3, -0.25) is 10.1 Å². The molecule has 0 spiro atoms. The molecule has 5 aromatic rings. The fourth-order valence-electron chi connectivity index (χ4n) is 3.55. The second-order valence-electron chi connectivity index (χ2n) is 7.79. The van der Waals surface area contributed by atoms with Crippen molar-refractivity contribution in [1.82, 2.24) is 40.0 Å². The van der Waals surface area contributed by atoms with Crippen LogP contribution in [0.2, 0.25) is 0 Å². The van der Waals surface area contributed by atoms with Crippen LogP contribution in [-0.4, -0.2) is 50.0 Å². The first-order valence-corrected chi connectivity index (χ1v) is 11.3. The Labute approximate surface area is 209 Å². The van der Waals surface area contributed by atoms with Crippen molar-refractivity contribution < 1.29 is 23.2 Å². The summed E-state index contributed by atoms with van der Waals surface area (Å²) in [6.07, 6.45) is 4.08. The molecule has 3 aromatic heterocycles. The second kappa shape index (κ2) is 9.82. The van der Waals surface area contributed by atoms with E-state index in [1.807, 2.05) is 0 Å². The number of hydrogen-bond acceptors (Lipinski definition) is 11. The molecule has 2 aromatic carbocycles. The molecular formula is C21H15F2N9O4S. The molecule has 188 valence electrons. The van der Waals surface area contributed by atoms with E-state index in [-0.39, 0.29) is 35.5 Å². The van der Waals surface area contributed by atoms with Crippen LogP contribution in [0.4, 0.5) is 14.5 Å². The van der Waals surface area contributed by atoms with Crippen molar-refractivity contribution >= 4 is 17.4 Å². The van der Waals surface area contributed by atoms with Crippen molar-refractivity contribution in [2.24, 2.45) is 0 Å². The molecule has 0 aliphatic heterocycles. The molecule has 1 N–H and O–H groups in total. The Morgan fingerprint density at radius 1 is 1.11 bits per heavy atom. The molecule has 1 unspecified atom stereocenters. The first kappa shape index (κ1) is 24.1. The minimum absolute atomic E-state index is 0.0765. The van der Waals surface area contributed by atoms with E-state index in [1.54, 1.807) is 6.07 Å². The van der Waals surface area contributed by atoms with Gasteiger partial charge in [-0.05, 0) is 23.9 Å². The van der Waals surface area contributed by atoms with Gasteiger partial charge in [0, 0.05) is 29.3 Å². The van der Waals surface area contributed by atoms with E-state index in [2.05, 4.69) is 30.6 Å². The normalized spacial score (nSPS) is 12.9. The molecule has 0 radical (unpaired) electrons. The number of nitrogens with zero attached hydrogens (tertiary/aromatic N) is 9. The Bertz CT molecular complexity index is 1560. The van der Waals surface area contributed by atoms with Gasteiger partial charge in [0.1, 0.15) is 34.9 Å². The molecule has 0 aliphatic carbocycles. The number of aromatic nitrogens is 8. The fourth-order valence-corrected chi connectivity index (χ4v) is 4.18. The van der Waals surface area contributed by atoms with Crippen LogP contribution in [0, 0.1) is 21.7 Å². The highest BCUT2D eigenvalue weighted by atomic mass is 32.2. The number of benzene rings is 2. The van der Waals surface area contributed by atoms with Gasteiger partial charge in [-0.2, -0.15) is 5.10 Å². The van der Waals surface area contributed by atoms with E-state index in [1.165, 1.54) is 46.4 Å². The third kappa shape index (κ3) is 5.34. The van der Waals surface area contributed by atoms with Crippen molar-refractivity contribution in [3.63, 3.8) is 0 Å². The predicted molar refractivity (Wildman–Crippen MR) is 121 cm³/mol. The van der Waals surface area contributed by atoms with Crippen LogP contribution >= 0.6 is 11.8 Å². The van der Waals surface area contributed by atoms with Crippen molar-refractivity contribution in [2.75, 3.05) is 0 Å². The molecule has 3 heterocycles. The summed E-state index contributed by atoms with van der Waals surface area (Å²) in [6, 6.07) is 8.62. The average Bonchev–Trinajstić information content (AvgIpc) is 3.62. The number of rotatable bonds is 9. The lowest BCUT2D eigenvalue weighted by Gasteiger charge is -2.28. The minimum Gasteiger partial charge on any atom is -0.411 e. The summed E-state index contributed by atoms with van der Waals surface area (Å²) in [5, 5.41) is 42.6. The van der Waals surface area contributed by atoms with Crippen LogP contribution in [0.3, 0.4) is 0 Å². The number of non-ortho nitro benzene ring substituents is 1. The summed E-state index contributed by atoms with van der Waals surface area (Å²) in [6.45, 7) is -0.458. The van der Waals surface area contributed by atoms with Gasteiger partial charge >= 0.3 is 0 Å². The highest BCUT2D eigenvalue weighted by molar-refractivity contribution is 7.99. The van der Waals surface area contributed by atoms with Crippen molar-refractivity contribution in [3.8, 4) is 11.5 Å². The molecule has 5 rings (SSSR count). The van der Waals surface area contributed by atoms with E-state index in [4.69, 9.17) is 4.42 Å². The lowest BCUT2D eigenvalue weighted by atomic mass is 9.93. The van der Waals surface area contributed by atoms with Crippen LogP contribution in [0.25, 0.3) is 11.5 Å². The lowest BCUT2D eigenvalue weighted by Crippen LogP contribution is -2.37. The molecule has 0 bridgehead atoms. The smallest absolute Gasteiger partial charge is 0.283 e. The number of hydrogen-bond donors (Lipinski definition) is 1. The Hall–Kier alpha value is -4.57. The summed E-state index contributed by atoms with van der Waals surface area (Å²) in [5.74, 6) is -1.64. The van der Waals surface area contributed by atoms with Gasteiger partial charge < -0.3 is 9.52 Å². The number of halogens is 2. The Balaban J connectivity index is 1.35. The standard InChI is InChI=1S/C21H15F2N9O4S/c22-14-4-5-16(17(23)7-14)21(33,10-31-12-24-11-25-31)9-30-8-18(26-29-30)37-20-28-27-19(36-20)13-2-1-3-15(6-13)32(34)35/h1-8,11-12,33H,9-10H2. The summed E-state index contributed by atoms with van der Waals surface area (Å²) >= 11 is 0.965. The first-order valence-electron chi connectivity index (χ1n) is 10.5. The lowest BCUT2D eigenvalue weighted by molar-refractivity contribution is -0.384. The molecular weight excluding hydrogens is 512 g/mol. The van der Waals surface area contributed by atoms with E-state index < -0.39 is 22.2 Å². The summed E-state index contributed by atoms with van der Waals surface area (Å²) < 4.78 is 36.3. The molecule has 0 aliphatic rings.